The average molecular weight is 235 g/mol. The number of hydrogen-bond donors (Lipinski definition) is 0. The average Bonchev–Trinajstić information content (AvgIpc) is 2.65. The summed E-state index contributed by atoms with van der Waals surface area (Å²) in [7, 11) is 4.00. The summed E-state index contributed by atoms with van der Waals surface area (Å²) in [5.74, 6) is 0. The Balaban J connectivity index is 2.20. The van der Waals surface area contributed by atoms with Crippen molar-refractivity contribution in [2.45, 2.75) is 39.5 Å². The van der Waals surface area contributed by atoms with Crippen LogP contribution >= 0.6 is 0 Å². The van der Waals surface area contributed by atoms with E-state index in [4.69, 9.17) is 0 Å². The van der Waals surface area contributed by atoms with Gasteiger partial charge in [0.15, 0.2) is 0 Å². The van der Waals surface area contributed by atoms with E-state index in [2.05, 4.69) is 29.9 Å². The Bertz CT molecular complexity index is 333. The van der Waals surface area contributed by atoms with E-state index in [1.165, 1.54) is 43.8 Å². The molecule has 1 fully saturated rings. The number of allylic oxidation sites excluding steroid dienone is 2. The second-order valence-corrected chi connectivity index (χ2v) is 6.29. The van der Waals surface area contributed by atoms with Crippen molar-refractivity contribution in [2.75, 3.05) is 27.2 Å². The van der Waals surface area contributed by atoms with E-state index in [1.807, 2.05) is 19.1 Å². The Hall–Kier alpha value is -0.990. The lowest BCUT2D eigenvalue weighted by Gasteiger charge is -2.35. The van der Waals surface area contributed by atoms with Crippen molar-refractivity contribution in [1.82, 2.24) is 9.91 Å². The van der Waals surface area contributed by atoms with Gasteiger partial charge in [0.1, 0.15) is 0 Å². The molecule has 0 unspecified atom stereocenters. The number of nitrogens with zero attached hydrogens (tertiary/aromatic N) is 3. The number of likely N-dealkylation sites (tertiary alicyclic amines) is 1. The molecule has 1 aliphatic heterocycles. The predicted octanol–water partition coefficient (Wildman–Crippen LogP) is 2.70. The van der Waals surface area contributed by atoms with Crippen molar-refractivity contribution in [3.63, 3.8) is 0 Å². The Morgan fingerprint density at radius 1 is 1.18 bits per heavy atom. The van der Waals surface area contributed by atoms with Gasteiger partial charge in [-0.05, 0) is 37.2 Å². The summed E-state index contributed by atoms with van der Waals surface area (Å²) in [6.07, 6.45) is 7.29. The van der Waals surface area contributed by atoms with Crippen molar-refractivity contribution in [2.24, 2.45) is 10.5 Å². The molecule has 0 amide bonds. The third kappa shape index (κ3) is 3.24. The van der Waals surface area contributed by atoms with Crippen molar-refractivity contribution in [3.05, 3.63) is 11.8 Å². The second-order valence-electron chi connectivity index (χ2n) is 6.29. The minimum atomic E-state index is 0.349. The molecule has 96 valence electrons. The van der Waals surface area contributed by atoms with Crippen LogP contribution in [0.5, 0.6) is 0 Å². The van der Waals surface area contributed by atoms with Crippen molar-refractivity contribution < 1.29 is 0 Å². The van der Waals surface area contributed by atoms with Crippen LogP contribution in [0.25, 0.3) is 0 Å². The summed E-state index contributed by atoms with van der Waals surface area (Å²) in [4.78, 5) is 2.55. The van der Waals surface area contributed by atoms with Crippen LogP contribution in [0.3, 0.4) is 0 Å². The van der Waals surface area contributed by atoms with E-state index in [0.717, 1.165) is 6.42 Å². The lowest BCUT2D eigenvalue weighted by molar-refractivity contribution is 0.302. The van der Waals surface area contributed by atoms with Gasteiger partial charge >= 0.3 is 0 Å². The fraction of sp³-hybridized carbons (Fsp3) is 0.786. The molecule has 1 saturated heterocycles. The highest BCUT2D eigenvalue weighted by molar-refractivity contribution is 5.96. The van der Waals surface area contributed by atoms with Crippen LogP contribution in [0.1, 0.15) is 39.5 Å². The summed E-state index contributed by atoms with van der Waals surface area (Å²) < 4.78 is 0. The second kappa shape index (κ2) is 4.71. The Labute approximate surface area is 105 Å². The smallest absolute Gasteiger partial charge is 0.0627 e. The van der Waals surface area contributed by atoms with Gasteiger partial charge in [-0.3, -0.25) is 0 Å². The van der Waals surface area contributed by atoms with Gasteiger partial charge in [0.25, 0.3) is 0 Å². The molecule has 0 N–H and O–H groups in total. The molecule has 2 rings (SSSR count). The van der Waals surface area contributed by atoms with Gasteiger partial charge in [0.2, 0.25) is 0 Å². The van der Waals surface area contributed by atoms with Crippen molar-refractivity contribution in [1.29, 1.82) is 0 Å². The molecule has 2 aliphatic rings. The highest BCUT2D eigenvalue weighted by Gasteiger charge is 2.29. The SMILES string of the molecule is CN(C)N=C1C=C(N2CCCC2)CC(C)(C)C1. The Kier molecular flexibility index (Phi) is 3.45. The molecule has 0 atom stereocenters. The first-order valence-electron chi connectivity index (χ1n) is 6.67. The van der Waals surface area contributed by atoms with Gasteiger partial charge in [-0.15, -0.1) is 0 Å². The monoisotopic (exact) mass is 235 g/mol. The summed E-state index contributed by atoms with van der Waals surface area (Å²) in [5, 5.41) is 6.51. The first-order valence-corrected chi connectivity index (χ1v) is 6.67. The van der Waals surface area contributed by atoms with E-state index in [0.29, 0.717) is 5.41 Å². The van der Waals surface area contributed by atoms with Gasteiger partial charge in [-0.2, -0.15) is 5.10 Å². The van der Waals surface area contributed by atoms with E-state index in [-0.39, 0.29) is 0 Å². The first kappa shape index (κ1) is 12.5. The van der Waals surface area contributed by atoms with Gasteiger partial charge in [0, 0.05) is 32.9 Å². The van der Waals surface area contributed by atoms with E-state index >= 15 is 0 Å². The first-order chi connectivity index (χ1) is 7.96. The largest absolute Gasteiger partial charge is 0.375 e. The van der Waals surface area contributed by atoms with E-state index in [9.17, 15) is 0 Å². The van der Waals surface area contributed by atoms with Crippen LogP contribution in [0, 0.1) is 5.41 Å². The molecule has 1 aliphatic carbocycles. The lowest BCUT2D eigenvalue weighted by atomic mass is 9.78. The van der Waals surface area contributed by atoms with Crippen LogP contribution in [0.2, 0.25) is 0 Å². The zero-order valence-electron chi connectivity index (χ0n) is 11.7. The molecule has 3 nitrogen and oxygen atoms in total. The van der Waals surface area contributed by atoms with Crippen LogP contribution in [-0.4, -0.2) is 42.8 Å². The van der Waals surface area contributed by atoms with Gasteiger partial charge in [-0.25, -0.2) is 0 Å². The molecule has 0 radical (unpaired) electrons. The molecule has 0 bridgehead atoms. The normalized spacial score (nSPS) is 26.2. The van der Waals surface area contributed by atoms with E-state index < -0.39 is 0 Å². The Morgan fingerprint density at radius 3 is 2.41 bits per heavy atom. The van der Waals surface area contributed by atoms with Gasteiger partial charge in [0.05, 0.1) is 5.71 Å². The molecule has 0 aromatic carbocycles. The van der Waals surface area contributed by atoms with Crippen LogP contribution in [0.4, 0.5) is 0 Å². The predicted molar refractivity (Wildman–Crippen MR) is 73.0 cm³/mol. The third-order valence-corrected chi connectivity index (χ3v) is 3.49. The van der Waals surface area contributed by atoms with Crippen LogP contribution in [-0.2, 0) is 0 Å². The minimum absolute atomic E-state index is 0.349. The summed E-state index contributed by atoms with van der Waals surface area (Å²) >= 11 is 0. The third-order valence-electron chi connectivity index (χ3n) is 3.49. The topological polar surface area (TPSA) is 18.8 Å². The molecular formula is C14H25N3. The molecular weight excluding hydrogens is 210 g/mol. The van der Waals surface area contributed by atoms with Gasteiger partial charge < -0.3 is 9.91 Å². The van der Waals surface area contributed by atoms with Crippen molar-refractivity contribution >= 4 is 5.71 Å². The fourth-order valence-corrected chi connectivity index (χ4v) is 2.87. The van der Waals surface area contributed by atoms with Crippen molar-refractivity contribution in [3.8, 4) is 0 Å². The lowest BCUT2D eigenvalue weighted by Crippen LogP contribution is -2.30. The summed E-state index contributed by atoms with van der Waals surface area (Å²) in [5.41, 5.74) is 3.08. The highest BCUT2D eigenvalue weighted by atomic mass is 15.4. The molecule has 0 spiro atoms. The van der Waals surface area contributed by atoms with E-state index in [1.54, 1.807) is 0 Å². The molecule has 0 saturated carbocycles. The highest BCUT2D eigenvalue weighted by Crippen LogP contribution is 2.36. The molecule has 17 heavy (non-hydrogen) atoms. The number of hydrazone groups is 1. The fourth-order valence-electron chi connectivity index (χ4n) is 2.87. The number of hydrogen-bond acceptors (Lipinski definition) is 3. The molecule has 3 heteroatoms. The Morgan fingerprint density at radius 2 is 1.82 bits per heavy atom. The molecule has 0 aromatic heterocycles. The summed E-state index contributed by atoms with van der Waals surface area (Å²) in [6.45, 7) is 7.16. The maximum atomic E-state index is 4.60. The standard InChI is InChI=1S/C14H25N3/c1-14(2)10-12(15-16(3)4)9-13(11-14)17-7-5-6-8-17/h9H,5-8,10-11H2,1-4H3. The summed E-state index contributed by atoms with van der Waals surface area (Å²) in [6, 6.07) is 0. The van der Waals surface area contributed by atoms with Crippen LogP contribution in [0.15, 0.2) is 16.9 Å². The van der Waals surface area contributed by atoms with Gasteiger partial charge in [-0.1, -0.05) is 13.8 Å². The minimum Gasteiger partial charge on any atom is -0.375 e. The zero-order valence-corrected chi connectivity index (χ0v) is 11.7. The molecule has 1 heterocycles. The maximum Gasteiger partial charge on any atom is 0.0627 e. The van der Waals surface area contributed by atoms with Crippen LogP contribution < -0.4 is 0 Å². The number of rotatable bonds is 2. The molecule has 0 aromatic rings. The quantitative estimate of drug-likeness (QED) is 0.685. The maximum absolute atomic E-state index is 4.60. The zero-order chi connectivity index (χ0) is 12.5.